The summed E-state index contributed by atoms with van der Waals surface area (Å²) in [4.78, 5) is 12.2. The van der Waals surface area contributed by atoms with Crippen LogP contribution in [-0.2, 0) is 16.4 Å². The highest BCUT2D eigenvalue weighted by atomic mass is 32.2. The average Bonchev–Trinajstić information content (AvgIpc) is 2.47. The first-order valence-corrected chi connectivity index (χ1v) is 8.20. The second kappa shape index (κ2) is 6.07. The topological polar surface area (TPSA) is 89.3 Å². The number of amides is 1. The predicted octanol–water partition coefficient (Wildman–Crippen LogP) is 1.80. The molecule has 0 saturated heterocycles. The van der Waals surface area contributed by atoms with Gasteiger partial charge in [0, 0.05) is 24.1 Å². The van der Waals surface area contributed by atoms with E-state index in [1.807, 2.05) is 12.1 Å². The lowest BCUT2D eigenvalue weighted by molar-refractivity contribution is 0.102. The van der Waals surface area contributed by atoms with Crippen LogP contribution in [0.5, 0.6) is 0 Å². The van der Waals surface area contributed by atoms with Crippen molar-refractivity contribution in [3.8, 4) is 0 Å². The molecule has 0 bridgehead atoms. The van der Waals surface area contributed by atoms with E-state index in [9.17, 15) is 13.2 Å². The van der Waals surface area contributed by atoms with Crippen molar-refractivity contribution in [2.45, 2.75) is 11.4 Å². The lowest BCUT2D eigenvalue weighted by Crippen LogP contribution is -2.12. The SMILES string of the molecule is CS(=O)(=O)c1cccc(C(=O)Nc2ccc(CN)cc2)c1. The number of benzene rings is 2. The highest BCUT2D eigenvalue weighted by Crippen LogP contribution is 2.14. The molecule has 3 N–H and O–H groups in total. The number of rotatable bonds is 4. The molecule has 2 aromatic carbocycles. The van der Waals surface area contributed by atoms with Gasteiger partial charge in [-0.2, -0.15) is 0 Å². The number of hydrogen-bond donors (Lipinski definition) is 2. The molecule has 0 atom stereocenters. The molecular formula is C15H16N2O3S. The van der Waals surface area contributed by atoms with Gasteiger partial charge < -0.3 is 11.1 Å². The van der Waals surface area contributed by atoms with E-state index in [-0.39, 0.29) is 10.8 Å². The number of carbonyl (C=O) groups is 1. The van der Waals surface area contributed by atoms with Gasteiger partial charge in [-0.15, -0.1) is 0 Å². The number of nitrogens with one attached hydrogen (secondary N) is 1. The molecular weight excluding hydrogens is 288 g/mol. The van der Waals surface area contributed by atoms with Gasteiger partial charge in [0.05, 0.1) is 4.90 Å². The highest BCUT2D eigenvalue weighted by Gasteiger charge is 2.11. The van der Waals surface area contributed by atoms with Crippen LogP contribution in [0.1, 0.15) is 15.9 Å². The minimum Gasteiger partial charge on any atom is -0.326 e. The summed E-state index contributed by atoms with van der Waals surface area (Å²) in [6.07, 6.45) is 1.11. The Morgan fingerprint density at radius 2 is 1.81 bits per heavy atom. The van der Waals surface area contributed by atoms with E-state index in [0.29, 0.717) is 17.8 Å². The summed E-state index contributed by atoms with van der Waals surface area (Å²) in [5.41, 5.74) is 7.39. The standard InChI is InChI=1S/C15H16N2O3S/c1-21(19,20)14-4-2-3-12(9-14)15(18)17-13-7-5-11(10-16)6-8-13/h2-9H,10,16H2,1H3,(H,17,18). The minimum absolute atomic E-state index is 0.119. The Labute approximate surface area is 123 Å². The molecule has 21 heavy (non-hydrogen) atoms. The van der Waals surface area contributed by atoms with E-state index in [0.717, 1.165) is 11.8 Å². The molecule has 0 fully saturated rings. The second-order valence-corrected chi connectivity index (χ2v) is 6.67. The lowest BCUT2D eigenvalue weighted by Gasteiger charge is -2.07. The molecule has 2 aromatic rings. The molecule has 1 amide bonds. The summed E-state index contributed by atoms with van der Waals surface area (Å²) >= 11 is 0. The minimum atomic E-state index is -3.33. The third kappa shape index (κ3) is 3.90. The highest BCUT2D eigenvalue weighted by molar-refractivity contribution is 7.90. The van der Waals surface area contributed by atoms with Crippen LogP contribution in [0.15, 0.2) is 53.4 Å². The van der Waals surface area contributed by atoms with Crippen LogP contribution < -0.4 is 11.1 Å². The molecule has 0 aliphatic heterocycles. The van der Waals surface area contributed by atoms with Gasteiger partial charge in [-0.25, -0.2) is 8.42 Å². The molecule has 0 aliphatic rings. The van der Waals surface area contributed by atoms with E-state index >= 15 is 0 Å². The van der Waals surface area contributed by atoms with Crippen molar-refractivity contribution in [2.75, 3.05) is 11.6 Å². The summed E-state index contributed by atoms with van der Waals surface area (Å²) < 4.78 is 23.0. The lowest BCUT2D eigenvalue weighted by atomic mass is 10.2. The van der Waals surface area contributed by atoms with Crippen molar-refractivity contribution in [1.29, 1.82) is 0 Å². The Balaban J connectivity index is 2.20. The van der Waals surface area contributed by atoms with E-state index in [2.05, 4.69) is 5.32 Å². The molecule has 0 aliphatic carbocycles. The zero-order chi connectivity index (χ0) is 15.5. The molecule has 0 heterocycles. The normalized spacial score (nSPS) is 11.1. The van der Waals surface area contributed by atoms with E-state index in [1.54, 1.807) is 24.3 Å². The van der Waals surface area contributed by atoms with Gasteiger partial charge in [-0.05, 0) is 35.9 Å². The monoisotopic (exact) mass is 304 g/mol. The fourth-order valence-corrected chi connectivity index (χ4v) is 2.46. The van der Waals surface area contributed by atoms with Crippen molar-refractivity contribution in [1.82, 2.24) is 0 Å². The summed E-state index contributed by atoms with van der Waals surface area (Å²) in [5.74, 6) is -0.360. The first-order valence-electron chi connectivity index (χ1n) is 6.30. The maximum Gasteiger partial charge on any atom is 0.255 e. The van der Waals surface area contributed by atoms with Crippen LogP contribution in [0, 0.1) is 0 Å². The van der Waals surface area contributed by atoms with Gasteiger partial charge in [0.15, 0.2) is 9.84 Å². The summed E-state index contributed by atoms with van der Waals surface area (Å²) in [7, 11) is -3.33. The average molecular weight is 304 g/mol. The Kier molecular flexibility index (Phi) is 4.40. The number of anilines is 1. The summed E-state index contributed by atoms with van der Waals surface area (Å²) in [5, 5.41) is 2.71. The quantitative estimate of drug-likeness (QED) is 0.901. The van der Waals surface area contributed by atoms with E-state index in [4.69, 9.17) is 5.73 Å². The second-order valence-electron chi connectivity index (χ2n) is 4.66. The first-order chi connectivity index (χ1) is 9.90. The zero-order valence-electron chi connectivity index (χ0n) is 11.5. The van der Waals surface area contributed by atoms with Crippen LogP contribution in [0.3, 0.4) is 0 Å². The van der Waals surface area contributed by atoms with Crippen LogP contribution in [0.2, 0.25) is 0 Å². The van der Waals surface area contributed by atoms with Gasteiger partial charge in [0.1, 0.15) is 0 Å². The molecule has 0 saturated carbocycles. The Morgan fingerprint density at radius 1 is 1.14 bits per heavy atom. The molecule has 0 unspecified atom stereocenters. The third-order valence-corrected chi connectivity index (χ3v) is 4.08. The number of carbonyl (C=O) groups excluding carboxylic acids is 1. The van der Waals surface area contributed by atoms with E-state index < -0.39 is 9.84 Å². The van der Waals surface area contributed by atoms with Gasteiger partial charge >= 0.3 is 0 Å². The molecule has 6 heteroatoms. The largest absolute Gasteiger partial charge is 0.326 e. The smallest absolute Gasteiger partial charge is 0.255 e. The number of nitrogens with two attached hydrogens (primary N) is 1. The Morgan fingerprint density at radius 3 is 2.38 bits per heavy atom. The van der Waals surface area contributed by atoms with Crippen LogP contribution in [-0.4, -0.2) is 20.6 Å². The van der Waals surface area contributed by atoms with Crippen LogP contribution >= 0.6 is 0 Å². The number of hydrogen-bond acceptors (Lipinski definition) is 4. The predicted molar refractivity (Wildman–Crippen MR) is 81.8 cm³/mol. The van der Waals surface area contributed by atoms with Gasteiger partial charge in [0.25, 0.3) is 5.91 Å². The first kappa shape index (κ1) is 15.2. The van der Waals surface area contributed by atoms with Crippen molar-refractivity contribution >= 4 is 21.4 Å². The van der Waals surface area contributed by atoms with Gasteiger partial charge in [-0.1, -0.05) is 18.2 Å². The van der Waals surface area contributed by atoms with Gasteiger partial charge in [0.2, 0.25) is 0 Å². The molecule has 0 radical (unpaired) electrons. The molecule has 0 spiro atoms. The van der Waals surface area contributed by atoms with Crippen molar-refractivity contribution in [3.63, 3.8) is 0 Å². The fraction of sp³-hybridized carbons (Fsp3) is 0.133. The van der Waals surface area contributed by atoms with Crippen molar-refractivity contribution in [2.24, 2.45) is 5.73 Å². The zero-order valence-corrected chi connectivity index (χ0v) is 12.4. The van der Waals surface area contributed by atoms with Crippen molar-refractivity contribution < 1.29 is 13.2 Å². The fourth-order valence-electron chi connectivity index (χ4n) is 1.80. The van der Waals surface area contributed by atoms with Crippen LogP contribution in [0.4, 0.5) is 5.69 Å². The number of sulfone groups is 1. The molecule has 5 nitrogen and oxygen atoms in total. The Hall–Kier alpha value is -2.18. The third-order valence-electron chi connectivity index (χ3n) is 2.97. The van der Waals surface area contributed by atoms with E-state index in [1.165, 1.54) is 12.1 Å². The maximum atomic E-state index is 12.1. The molecule has 110 valence electrons. The van der Waals surface area contributed by atoms with Crippen molar-refractivity contribution in [3.05, 3.63) is 59.7 Å². The summed E-state index contributed by atoms with van der Waals surface area (Å²) in [6, 6.07) is 13.1. The van der Waals surface area contributed by atoms with Crippen LogP contribution in [0.25, 0.3) is 0 Å². The Bertz CT molecular complexity index is 753. The maximum absolute atomic E-state index is 12.1. The molecule has 0 aromatic heterocycles. The summed E-state index contributed by atoms with van der Waals surface area (Å²) in [6.45, 7) is 0.435. The molecule has 2 rings (SSSR count). The van der Waals surface area contributed by atoms with Gasteiger partial charge in [-0.3, -0.25) is 4.79 Å².